The van der Waals surface area contributed by atoms with E-state index in [1.54, 1.807) is 11.0 Å². The molecule has 2 aromatic heterocycles. The Hall–Kier alpha value is -4.46. The molecule has 0 radical (unpaired) electrons. The topological polar surface area (TPSA) is 97.4 Å². The van der Waals surface area contributed by atoms with E-state index in [2.05, 4.69) is 9.97 Å². The highest BCUT2D eigenvalue weighted by atomic mass is 16.2. The van der Waals surface area contributed by atoms with Crippen molar-refractivity contribution in [3.05, 3.63) is 72.6 Å². The SMILES string of the molecule is Cn1c(-c2ccc(N3CC=CC3=O)cc2)c(-c2ccc(C(=O)N3CCCC3)cc2)c2c(N)ncnc21. The summed E-state index contributed by atoms with van der Waals surface area (Å²) >= 11 is 0. The van der Waals surface area contributed by atoms with Crippen molar-refractivity contribution in [3.63, 3.8) is 0 Å². The van der Waals surface area contributed by atoms with Crippen LogP contribution in [-0.2, 0) is 11.8 Å². The van der Waals surface area contributed by atoms with Gasteiger partial charge in [-0.2, -0.15) is 0 Å². The number of aromatic nitrogens is 3. The van der Waals surface area contributed by atoms with Crippen LogP contribution in [0.5, 0.6) is 0 Å². The molecule has 6 rings (SSSR count). The number of hydrogen-bond donors (Lipinski definition) is 1. The minimum absolute atomic E-state index is 0.0142. The Bertz CT molecular complexity index is 1510. The zero-order valence-electron chi connectivity index (χ0n) is 20.0. The molecule has 2 aliphatic rings. The maximum absolute atomic E-state index is 12.9. The third kappa shape index (κ3) is 3.53. The smallest absolute Gasteiger partial charge is 0.253 e. The molecule has 8 nitrogen and oxygen atoms in total. The summed E-state index contributed by atoms with van der Waals surface area (Å²) < 4.78 is 2.02. The molecule has 0 saturated carbocycles. The summed E-state index contributed by atoms with van der Waals surface area (Å²) in [5.74, 6) is 0.459. The number of fused-ring (bicyclic) bond motifs is 1. The standard InChI is InChI=1S/C28H26N6O2/c1-32-25(19-10-12-21(13-11-19)34-16-4-5-22(34)35)23(24-26(29)30-17-31-27(24)32)18-6-8-20(9-7-18)28(36)33-14-2-3-15-33/h4-13,17H,2-3,14-16H2,1H3,(H2,29,30,31). The van der Waals surface area contributed by atoms with Crippen molar-refractivity contribution in [2.45, 2.75) is 12.8 Å². The number of anilines is 2. The summed E-state index contributed by atoms with van der Waals surface area (Å²) in [6.07, 6.45) is 7.04. The molecule has 2 N–H and O–H groups in total. The number of likely N-dealkylation sites (tertiary alicyclic amines) is 1. The van der Waals surface area contributed by atoms with Crippen molar-refractivity contribution in [1.82, 2.24) is 19.4 Å². The fraction of sp³-hybridized carbons (Fsp3) is 0.214. The fourth-order valence-corrected chi connectivity index (χ4v) is 5.25. The quantitative estimate of drug-likeness (QED) is 0.478. The van der Waals surface area contributed by atoms with Gasteiger partial charge in [0.1, 0.15) is 17.8 Å². The number of rotatable bonds is 4. The van der Waals surface area contributed by atoms with Crippen LogP contribution < -0.4 is 10.6 Å². The number of hydrogen-bond acceptors (Lipinski definition) is 5. The summed E-state index contributed by atoms with van der Waals surface area (Å²) in [6.45, 7) is 2.21. The molecule has 2 aromatic carbocycles. The molecule has 4 aromatic rings. The fourth-order valence-electron chi connectivity index (χ4n) is 5.25. The molecule has 0 atom stereocenters. The first-order valence-corrected chi connectivity index (χ1v) is 12.1. The highest BCUT2D eigenvalue weighted by Gasteiger charge is 2.24. The monoisotopic (exact) mass is 478 g/mol. The van der Waals surface area contributed by atoms with Crippen molar-refractivity contribution in [2.75, 3.05) is 30.3 Å². The molecule has 0 spiro atoms. The van der Waals surface area contributed by atoms with Crippen LogP contribution in [-0.4, -0.2) is 50.9 Å². The number of amides is 2. The Morgan fingerprint density at radius 2 is 1.64 bits per heavy atom. The number of carbonyl (C=O) groups is 2. The summed E-state index contributed by atoms with van der Waals surface area (Å²) in [4.78, 5) is 37.4. The van der Waals surface area contributed by atoms with Crippen molar-refractivity contribution in [2.24, 2.45) is 7.05 Å². The highest BCUT2D eigenvalue weighted by molar-refractivity contribution is 6.08. The maximum atomic E-state index is 12.9. The van der Waals surface area contributed by atoms with Gasteiger partial charge in [0.25, 0.3) is 11.8 Å². The Morgan fingerprint density at radius 1 is 0.944 bits per heavy atom. The number of nitrogens with zero attached hydrogens (tertiary/aromatic N) is 5. The van der Waals surface area contributed by atoms with E-state index in [1.165, 1.54) is 6.33 Å². The van der Waals surface area contributed by atoms with Gasteiger partial charge in [-0.1, -0.05) is 30.3 Å². The second-order valence-electron chi connectivity index (χ2n) is 9.21. The molecular weight excluding hydrogens is 452 g/mol. The molecule has 2 amide bonds. The molecule has 0 aliphatic carbocycles. The molecule has 8 heteroatoms. The van der Waals surface area contributed by atoms with Gasteiger partial charge in [-0.3, -0.25) is 9.59 Å². The van der Waals surface area contributed by atoms with Crippen LogP contribution >= 0.6 is 0 Å². The van der Waals surface area contributed by atoms with Crippen LogP contribution in [0.4, 0.5) is 11.5 Å². The van der Waals surface area contributed by atoms with Crippen LogP contribution in [0.1, 0.15) is 23.2 Å². The van der Waals surface area contributed by atoms with Crippen LogP contribution in [0.3, 0.4) is 0 Å². The molecular formula is C28H26N6O2. The molecule has 180 valence electrons. The Kier molecular flexibility index (Phi) is 5.29. The van der Waals surface area contributed by atoms with Gasteiger partial charge in [-0.15, -0.1) is 0 Å². The molecule has 1 fully saturated rings. The van der Waals surface area contributed by atoms with E-state index in [0.717, 1.165) is 65.0 Å². The lowest BCUT2D eigenvalue weighted by Gasteiger charge is -2.17. The van der Waals surface area contributed by atoms with E-state index in [9.17, 15) is 9.59 Å². The predicted octanol–water partition coefficient (Wildman–Crippen LogP) is 4.02. The first kappa shape index (κ1) is 22.0. The maximum Gasteiger partial charge on any atom is 0.253 e. The van der Waals surface area contributed by atoms with Gasteiger partial charge in [0.15, 0.2) is 0 Å². The van der Waals surface area contributed by atoms with E-state index >= 15 is 0 Å². The predicted molar refractivity (Wildman–Crippen MR) is 140 cm³/mol. The largest absolute Gasteiger partial charge is 0.383 e. The van der Waals surface area contributed by atoms with E-state index in [1.807, 2.05) is 71.1 Å². The summed E-state index contributed by atoms with van der Waals surface area (Å²) in [7, 11) is 1.96. The Balaban J connectivity index is 1.45. The molecule has 1 saturated heterocycles. The van der Waals surface area contributed by atoms with Crippen molar-refractivity contribution >= 4 is 34.4 Å². The summed E-state index contributed by atoms with van der Waals surface area (Å²) in [5.41, 5.74) is 12.4. The second kappa shape index (κ2) is 8.64. The normalized spacial score (nSPS) is 15.4. The van der Waals surface area contributed by atoms with Gasteiger partial charge in [-0.05, 0) is 48.2 Å². The first-order chi connectivity index (χ1) is 17.5. The summed E-state index contributed by atoms with van der Waals surface area (Å²) in [6, 6.07) is 15.6. The minimum atomic E-state index is -0.0142. The van der Waals surface area contributed by atoms with Gasteiger partial charge in [0.05, 0.1) is 11.1 Å². The lowest BCUT2D eigenvalue weighted by molar-refractivity contribution is -0.113. The van der Waals surface area contributed by atoms with E-state index in [0.29, 0.717) is 17.9 Å². The molecule has 4 heterocycles. The molecule has 0 bridgehead atoms. The third-order valence-electron chi connectivity index (χ3n) is 7.08. The zero-order valence-corrected chi connectivity index (χ0v) is 20.0. The van der Waals surface area contributed by atoms with Gasteiger partial charge < -0.3 is 20.1 Å². The van der Waals surface area contributed by atoms with E-state index < -0.39 is 0 Å². The Morgan fingerprint density at radius 3 is 2.31 bits per heavy atom. The summed E-state index contributed by atoms with van der Waals surface area (Å²) in [5, 5.41) is 0.775. The number of nitrogens with two attached hydrogens (primary N) is 1. The third-order valence-corrected chi connectivity index (χ3v) is 7.08. The molecule has 36 heavy (non-hydrogen) atoms. The average Bonchev–Trinajstić information content (AvgIpc) is 3.65. The van der Waals surface area contributed by atoms with Crippen LogP contribution in [0.25, 0.3) is 33.4 Å². The van der Waals surface area contributed by atoms with Crippen LogP contribution in [0.15, 0.2) is 67.0 Å². The van der Waals surface area contributed by atoms with E-state index in [4.69, 9.17) is 5.73 Å². The average molecular weight is 479 g/mol. The van der Waals surface area contributed by atoms with Crippen molar-refractivity contribution in [1.29, 1.82) is 0 Å². The number of aryl methyl sites for hydroxylation is 1. The molecule has 0 unspecified atom stereocenters. The minimum Gasteiger partial charge on any atom is -0.383 e. The lowest BCUT2D eigenvalue weighted by atomic mass is 9.97. The number of benzene rings is 2. The Labute approximate surface area is 208 Å². The van der Waals surface area contributed by atoms with Gasteiger partial charge in [0, 0.05) is 49.6 Å². The van der Waals surface area contributed by atoms with Crippen LogP contribution in [0.2, 0.25) is 0 Å². The highest BCUT2D eigenvalue weighted by Crippen LogP contribution is 2.42. The molecule has 2 aliphatic heterocycles. The number of carbonyl (C=O) groups excluding carboxylic acids is 2. The second-order valence-corrected chi connectivity index (χ2v) is 9.21. The van der Waals surface area contributed by atoms with E-state index in [-0.39, 0.29) is 11.8 Å². The van der Waals surface area contributed by atoms with Crippen molar-refractivity contribution in [3.8, 4) is 22.4 Å². The van der Waals surface area contributed by atoms with Crippen molar-refractivity contribution < 1.29 is 9.59 Å². The van der Waals surface area contributed by atoms with Crippen LogP contribution in [0, 0.1) is 0 Å². The van der Waals surface area contributed by atoms with Gasteiger partial charge >= 0.3 is 0 Å². The lowest BCUT2D eigenvalue weighted by Crippen LogP contribution is -2.27. The first-order valence-electron chi connectivity index (χ1n) is 12.1. The van der Waals surface area contributed by atoms with Gasteiger partial charge in [-0.25, -0.2) is 9.97 Å². The number of nitrogen functional groups attached to an aromatic ring is 1. The van der Waals surface area contributed by atoms with Gasteiger partial charge in [0.2, 0.25) is 0 Å². The zero-order chi connectivity index (χ0) is 24.8.